The van der Waals surface area contributed by atoms with Crippen LogP contribution in [0.5, 0.6) is 0 Å². The zero-order chi connectivity index (χ0) is 22.8. The van der Waals surface area contributed by atoms with Crippen LogP contribution in [-0.4, -0.2) is 18.1 Å². The molecular formula is C29H28N2O2. The number of benzene rings is 3. The summed E-state index contributed by atoms with van der Waals surface area (Å²) >= 11 is 0. The fourth-order valence-corrected chi connectivity index (χ4v) is 4.80. The molecule has 1 fully saturated rings. The van der Waals surface area contributed by atoms with E-state index < -0.39 is 5.97 Å². The molecule has 33 heavy (non-hydrogen) atoms. The zero-order valence-electron chi connectivity index (χ0n) is 18.8. The lowest BCUT2D eigenvalue weighted by Crippen LogP contribution is -2.26. The van der Waals surface area contributed by atoms with Crippen LogP contribution in [0, 0.1) is 5.92 Å². The summed E-state index contributed by atoms with van der Waals surface area (Å²) in [6.07, 6.45) is 6.51. The number of hydrazine groups is 1. The van der Waals surface area contributed by atoms with Gasteiger partial charge in [0.05, 0.1) is 5.69 Å². The van der Waals surface area contributed by atoms with Crippen LogP contribution in [0.25, 0.3) is 17.2 Å². The first kappa shape index (κ1) is 21.2. The summed E-state index contributed by atoms with van der Waals surface area (Å²) in [5, 5.41) is 11.0. The second-order valence-electron chi connectivity index (χ2n) is 8.81. The number of rotatable bonds is 6. The van der Waals surface area contributed by atoms with Crippen molar-refractivity contribution in [2.45, 2.75) is 25.8 Å². The Hall–Kier alpha value is -3.63. The molecule has 1 heterocycles. The molecule has 1 aliphatic heterocycles. The number of anilines is 1. The molecule has 1 saturated carbocycles. The molecule has 166 valence electrons. The third kappa shape index (κ3) is 4.35. The lowest BCUT2D eigenvalue weighted by molar-refractivity contribution is -0.131. The van der Waals surface area contributed by atoms with Crippen molar-refractivity contribution in [3.63, 3.8) is 0 Å². The van der Waals surface area contributed by atoms with Crippen LogP contribution in [0.15, 0.2) is 78.9 Å². The van der Waals surface area contributed by atoms with Gasteiger partial charge in [0.25, 0.3) is 0 Å². The van der Waals surface area contributed by atoms with E-state index in [1.807, 2.05) is 12.1 Å². The summed E-state index contributed by atoms with van der Waals surface area (Å²) in [7, 11) is 2.05. The van der Waals surface area contributed by atoms with Gasteiger partial charge in [0, 0.05) is 19.7 Å². The third-order valence-corrected chi connectivity index (χ3v) is 6.72. The van der Waals surface area contributed by atoms with Crippen molar-refractivity contribution in [2.24, 2.45) is 5.92 Å². The van der Waals surface area contributed by atoms with Crippen molar-refractivity contribution in [3.05, 3.63) is 107 Å². The van der Waals surface area contributed by atoms with E-state index in [-0.39, 0.29) is 0 Å². The smallest absolute Gasteiger partial charge is 0.328 e. The maximum Gasteiger partial charge on any atom is 0.328 e. The van der Waals surface area contributed by atoms with Gasteiger partial charge in [0.15, 0.2) is 0 Å². The van der Waals surface area contributed by atoms with Crippen LogP contribution in [0.2, 0.25) is 0 Å². The van der Waals surface area contributed by atoms with Crippen molar-refractivity contribution in [1.29, 1.82) is 0 Å². The molecule has 0 spiro atoms. The number of hydrogen-bond acceptors (Lipinski definition) is 3. The predicted octanol–water partition coefficient (Wildman–Crippen LogP) is 6.00. The predicted molar refractivity (Wildman–Crippen MR) is 134 cm³/mol. The number of nitrogens with one attached hydrogen (secondary N) is 1. The number of nitrogens with zero attached hydrogens (tertiary/aromatic N) is 1. The number of hydrogen-bond donors (Lipinski definition) is 2. The normalized spacial score (nSPS) is 16.5. The average molecular weight is 437 g/mol. The lowest BCUT2D eigenvalue weighted by atomic mass is 9.73. The molecule has 4 nitrogen and oxygen atoms in total. The van der Waals surface area contributed by atoms with E-state index in [0.29, 0.717) is 5.92 Å². The summed E-state index contributed by atoms with van der Waals surface area (Å²) in [6.45, 7) is 0.829. The van der Waals surface area contributed by atoms with Gasteiger partial charge in [-0.3, -0.25) is 0 Å². The van der Waals surface area contributed by atoms with Crippen molar-refractivity contribution in [2.75, 3.05) is 12.1 Å². The van der Waals surface area contributed by atoms with Crippen LogP contribution in [0.3, 0.4) is 0 Å². The van der Waals surface area contributed by atoms with Gasteiger partial charge in [-0.05, 0) is 75.9 Å². The highest BCUT2D eigenvalue weighted by Gasteiger charge is 2.28. The number of aliphatic carboxylic acids is 1. The van der Waals surface area contributed by atoms with Gasteiger partial charge >= 0.3 is 5.97 Å². The van der Waals surface area contributed by atoms with E-state index in [1.165, 1.54) is 58.9 Å². The van der Waals surface area contributed by atoms with Crippen LogP contribution < -0.4 is 10.4 Å². The Morgan fingerprint density at radius 3 is 2.36 bits per heavy atom. The highest BCUT2D eigenvalue weighted by molar-refractivity contribution is 6.00. The molecule has 4 heteroatoms. The van der Waals surface area contributed by atoms with E-state index in [4.69, 9.17) is 5.11 Å². The Kier molecular flexibility index (Phi) is 5.84. The number of fused-ring (bicyclic) bond motifs is 1. The number of carbonyl (C=O) groups is 1. The molecule has 3 aromatic carbocycles. The van der Waals surface area contributed by atoms with Gasteiger partial charge < -0.3 is 10.1 Å². The third-order valence-electron chi connectivity index (χ3n) is 6.72. The van der Waals surface area contributed by atoms with Crippen LogP contribution in [0.4, 0.5) is 5.69 Å². The summed E-state index contributed by atoms with van der Waals surface area (Å²) in [6, 6.07) is 25.8. The van der Waals surface area contributed by atoms with Gasteiger partial charge in [-0.1, -0.05) is 67.1 Å². The molecule has 0 bridgehead atoms. The summed E-state index contributed by atoms with van der Waals surface area (Å²) < 4.78 is 0. The molecule has 0 saturated heterocycles. The first-order valence-corrected chi connectivity index (χ1v) is 11.5. The molecule has 1 aliphatic carbocycles. The van der Waals surface area contributed by atoms with Crippen LogP contribution in [-0.2, 0) is 11.3 Å². The molecule has 3 aromatic rings. The Morgan fingerprint density at radius 2 is 1.70 bits per heavy atom. The molecule has 2 aliphatic rings. The highest BCUT2D eigenvalue weighted by Crippen LogP contribution is 2.45. The maximum absolute atomic E-state index is 10.9. The number of allylic oxidation sites excluding steroid dienone is 1. The first-order chi connectivity index (χ1) is 16.1. The quantitative estimate of drug-likeness (QED) is 0.368. The van der Waals surface area contributed by atoms with Crippen LogP contribution in [0.1, 0.15) is 47.1 Å². The monoisotopic (exact) mass is 436 g/mol. The van der Waals surface area contributed by atoms with Gasteiger partial charge in [-0.15, -0.1) is 0 Å². The van der Waals surface area contributed by atoms with E-state index >= 15 is 0 Å². The number of carboxylic acid groups (broad SMARTS) is 1. The maximum atomic E-state index is 10.9. The Labute approximate surface area is 194 Å². The van der Waals surface area contributed by atoms with Crippen molar-refractivity contribution in [3.8, 4) is 0 Å². The van der Waals surface area contributed by atoms with E-state index in [9.17, 15) is 4.79 Å². The largest absolute Gasteiger partial charge is 0.478 e. The van der Waals surface area contributed by atoms with Crippen LogP contribution >= 0.6 is 0 Å². The summed E-state index contributed by atoms with van der Waals surface area (Å²) in [4.78, 5) is 10.9. The molecule has 0 amide bonds. The molecule has 0 aromatic heterocycles. The molecule has 0 unspecified atom stereocenters. The second-order valence-corrected chi connectivity index (χ2v) is 8.81. The SMILES string of the molecule is CN1NCc2cc(/C(=C(/c3ccccc3)C3CCC3)c3ccc(/C=C/C(=O)O)cc3)ccc21. The second kappa shape index (κ2) is 9.08. The van der Waals surface area contributed by atoms with E-state index in [0.717, 1.165) is 17.7 Å². The van der Waals surface area contributed by atoms with Gasteiger partial charge in [0.1, 0.15) is 0 Å². The van der Waals surface area contributed by atoms with Crippen molar-refractivity contribution < 1.29 is 9.90 Å². The van der Waals surface area contributed by atoms with Crippen molar-refractivity contribution >= 4 is 28.9 Å². The first-order valence-electron chi connectivity index (χ1n) is 11.5. The van der Waals surface area contributed by atoms with Gasteiger partial charge in [0.2, 0.25) is 0 Å². The van der Waals surface area contributed by atoms with E-state index in [2.05, 4.69) is 78.1 Å². The fraction of sp³-hybridized carbons (Fsp3) is 0.207. The Morgan fingerprint density at radius 1 is 0.970 bits per heavy atom. The molecule has 0 atom stereocenters. The minimum atomic E-state index is -0.937. The minimum Gasteiger partial charge on any atom is -0.478 e. The standard InChI is InChI=1S/C29H28N2O2/c1-31-26-16-15-24(18-25(26)19-30-31)29(23-13-10-20(11-14-23)12-17-27(32)33)28(22-8-5-9-22)21-6-3-2-4-7-21/h2-4,6-7,10-18,22,30H,5,8-9,19H2,1H3,(H,32,33)/b17-12+,29-28-. The lowest BCUT2D eigenvalue weighted by Gasteiger charge is -2.31. The number of carboxylic acids is 1. The van der Waals surface area contributed by atoms with Gasteiger partial charge in [-0.2, -0.15) is 0 Å². The average Bonchev–Trinajstić information content (AvgIpc) is 3.17. The van der Waals surface area contributed by atoms with Gasteiger partial charge in [-0.25, -0.2) is 10.2 Å². The molecule has 0 radical (unpaired) electrons. The molecule has 2 N–H and O–H groups in total. The van der Waals surface area contributed by atoms with Crippen molar-refractivity contribution in [1.82, 2.24) is 5.43 Å². The fourth-order valence-electron chi connectivity index (χ4n) is 4.80. The summed E-state index contributed by atoms with van der Waals surface area (Å²) in [5.41, 5.74) is 13.1. The zero-order valence-corrected chi connectivity index (χ0v) is 18.8. The highest BCUT2D eigenvalue weighted by atomic mass is 16.4. The Balaban J connectivity index is 1.68. The molecule has 5 rings (SSSR count). The molecular weight excluding hydrogens is 408 g/mol. The minimum absolute atomic E-state index is 0.544. The summed E-state index contributed by atoms with van der Waals surface area (Å²) in [5.74, 6) is -0.393. The van der Waals surface area contributed by atoms with E-state index in [1.54, 1.807) is 6.08 Å². The Bertz CT molecular complexity index is 1220. The topological polar surface area (TPSA) is 52.6 Å².